The van der Waals surface area contributed by atoms with Crippen LogP contribution in [0.2, 0.25) is 0 Å². The molecule has 2 aromatic rings. The van der Waals surface area contributed by atoms with Gasteiger partial charge in [-0.1, -0.05) is 119 Å². The Labute approximate surface area is 247 Å². The predicted octanol–water partition coefficient (Wildman–Crippen LogP) is 6.62. The molecule has 2 aromatic carbocycles. The predicted molar refractivity (Wildman–Crippen MR) is 167 cm³/mol. The average Bonchev–Trinajstić information content (AvgIpc) is 2.98. The third-order valence-corrected chi connectivity index (χ3v) is 8.27. The van der Waals surface area contributed by atoms with Crippen molar-refractivity contribution in [2.75, 3.05) is 13.1 Å². The lowest BCUT2D eigenvalue weighted by molar-refractivity contribution is -0.130. The monoisotopic (exact) mass is 561 g/mol. The lowest BCUT2D eigenvalue weighted by Crippen LogP contribution is -2.51. The molecule has 3 N–H and O–H groups in total. The summed E-state index contributed by atoms with van der Waals surface area (Å²) in [5.74, 6) is -0.467. The van der Waals surface area contributed by atoms with E-state index < -0.39 is 12.0 Å². The molecule has 1 saturated heterocycles. The van der Waals surface area contributed by atoms with Gasteiger partial charge >= 0.3 is 0 Å². The number of rotatable bonds is 3. The van der Waals surface area contributed by atoms with Gasteiger partial charge in [0.1, 0.15) is 6.04 Å². The van der Waals surface area contributed by atoms with Crippen LogP contribution < -0.4 is 16.0 Å². The van der Waals surface area contributed by atoms with Crippen LogP contribution >= 0.6 is 0 Å². The lowest BCUT2D eigenvalue weighted by Gasteiger charge is -2.26. The maximum absolute atomic E-state index is 13.8. The molecule has 0 saturated carbocycles. The van der Waals surface area contributed by atoms with Gasteiger partial charge in [-0.15, -0.1) is 0 Å². The molecule has 224 valence electrons. The molecule has 3 rings (SSSR count). The summed E-state index contributed by atoms with van der Waals surface area (Å²) in [6, 6.07) is 19.5. The van der Waals surface area contributed by atoms with Crippen molar-refractivity contribution in [3.05, 3.63) is 71.8 Å². The van der Waals surface area contributed by atoms with Gasteiger partial charge in [-0.05, 0) is 42.7 Å². The highest BCUT2D eigenvalue weighted by atomic mass is 16.2. The van der Waals surface area contributed by atoms with E-state index in [9.17, 15) is 14.4 Å². The van der Waals surface area contributed by atoms with Gasteiger partial charge in [-0.25, -0.2) is 0 Å². The summed E-state index contributed by atoms with van der Waals surface area (Å²) in [4.78, 5) is 39.6. The molecule has 2 unspecified atom stereocenters. The topological polar surface area (TPSA) is 87.3 Å². The Bertz CT molecular complexity index is 1040. The maximum atomic E-state index is 13.8. The minimum atomic E-state index is -0.584. The van der Waals surface area contributed by atoms with Crippen molar-refractivity contribution < 1.29 is 14.4 Å². The molecular formula is C35H51N3O3. The van der Waals surface area contributed by atoms with E-state index >= 15 is 0 Å². The fourth-order valence-corrected chi connectivity index (χ4v) is 5.70. The van der Waals surface area contributed by atoms with Crippen molar-refractivity contribution in [3.63, 3.8) is 0 Å². The third kappa shape index (κ3) is 11.7. The van der Waals surface area contributed by atoms with Gasteiger partial charge in [0, 0.05) is 25.4 Å². The molecule has 41 heavy (non-hydrogen) atoms. The Hall–Kier alpha value is -3.15. The van der Waals surface area contributed by atoms with Crippen molar-refractivity contribution in [1.29, 1.82) is 0 Å². The van der Waals surface area contributed by atoms with Crippen LogP contribution in [0.4, 0.5) is 0 Å². The van der Waals surface area contributed by atoms with Gasteiger partial charge in [0.25, 0.3) is 0 Å². The molecule has 3 atom stereocenters. The Morgan fingerprint density at radius 2 is 1.20 bits per heavy atom. The molecule has 6 nitrogen and oxygen atoms in total. The number of carbonyl (C=O) groups is 3. The van der Waals surface area contributed by atoms with Crippen LogP contribution in [0.5, 0.6) is 0 Å². The first kappa shape index (κ1) is 32.4. The molecule has 1 aliphatic heterocycles. The minimum absolute atomic E-state index is 0.0304. The highest BCUT2D eigenvalue weighted by Gasteiger charge is 2.29. The molecule has 6 heteroatoms. The van der Waals surface area contributed by atoms with E-state index in [0.29, 0.717) is 25.9 Å². The average molecular weight is 562 g/mol. The second-order valence-corrected chi connectivity index (χ2v) is 11.9. The van der Waals surface area contributed by atoms with E-state index in [4.69, 9.17) is 0 Å². The lowest BCUT2D eigenvalue weighted by atomic mass is 9.86. The van der Waals surface area contributed by atoms with E-state index in [2.05, 4.69) is 28.1 Å². The maximum Gasteiger partial charge on any atom is 0.242 e. The van der Waals surface area contributed by atoms with Gasteiger partial charge in [0.05, 0.1) is 5.92 Å². The number of nitrogens with one attached hydrogen (secondary N) is 3. The van der Waals surface area contributed by atoms with Gasteiger partial charge in [0.2, 0.25) is 17.7 Å². The summed E-state index contributed by atoms with van der Waals surface area (Å²) in [6.45, 7) is 5.13. The summed E-state index contributed by atoms with van der Waals surface area (Å²) in [5, 5.41) is 9.35. The number of hydrogen-bond acceptors (Lipinski definition) is 3. The van der Waals surface area contributed by atoms with Crippen molar-refractivity contribution in [1.82, 2.24) is 16.0 Å². The van der Waals surface area contributed by atoms with Crippen molar-refractivity contribution in [2.24, 2.45) is 5.92 Å². The Morgan fingerprint density at radius 3 is 1.80 bits per heavy atom. The smallest absolute Gasteiger partial charge is 0.242 e. The highest BCUT2D eigenvalue weighted by Crippen LogP contribution is 2.29. The van der Waals surface area contributed by atoms with Gasteiger partial charge in [-0.2, -0.15) is 0 Å². The summed E-state index contributed by atoms with van der Waals surface area (Å²) < 4.78 is 0. The molecule has 3 amide bonds. The zero-order chi connectivity index (χ0) is 29.3. The summed E-state index contributed by atoms with van der Waals surface area (Å²) in [5.41, 5.74) is 2.10. The first-order chi connectivity index (χ1) is 20.0. The van der Waals surface area contributed by atoms with E-state index in [1.54, 1.807) is 0 Å². The largest absolute Gasteiger partial charge is 0.355 e. The SMILES string of the molecule is CC(C)[C@@H]1NC(=O)C(c2ccccc2)CCC(c2ccccc2)CNC(=O)CCCCCCCCCCCNC1=O. The van der Waals surface area contributed by atoms with Crippen LogP contribution in [-0.4, -0.2) is 36.9 Å². The van der Waals surface area contributed by atoms with E-state index in [1.165, 1.54) is 32.1 Å². The van der Waals surface area contributed by atoms with Gasteiger partial charge < -0.3 is 16.0 Å². The van der Waals surface area contributed by atoms with Crippen molar-refractivity contribution in [2.45, 2.75) is 109 Å². The van der Waals surface area contributed by atoms with Crippen molar-refractivity contribution >= 4 is 17.7 Å². The second-order valence-electron chi connectivity index (χ2n) is 11.9. The minimum Gasteiger partial charge on any atom is -0.355 e. The molecule has 1 aliphatic rings. The fourth-order valence-electron chi connectivity index (χ4n) is 5.70. The molecule has 1 heterocycles. The normalized spacial score (nSPS) is 23.7. The van der Waals surface area contributed by atoms with Crippen LogP contribution in [-0.2, 0) is 14.4 Å². The first-order valence-electron chi connectivity index (χ1n) is 15.9. The van der Waals surface area contributed by atoms with Crippen LogP contribution in [0.15, 0.2) is 60.7 Å². The molecule has 0 radical (unpaired) electrons. The molecule has 0 aliphatic carbocycles. The van der Waals surface area contributed by atoms with Gasteiger partial charge in [0.15, 0.2) is 0 Å². The quantitative estimate of drug-likeness (QED) is 0.393. The number of carbonyl (C=O) groups excluding carboxylic acids is 3. The number of benzene rings is 2. The Morgan fingerprint density at radius 1 is 0.634 bits per heavy atom. The van der Waals surface area contributed by atoms with E-state index in [-0.39, 0.29) is 29.6 Å². The summed E-state index contributed by atoms with van der Waals surface area (Å²) >= 11 is 0. The van der Waals surface area contributed by atoms with Crippen molar-refractivity contribution in [3.8, 4) is 0 Å². The molecule has 0 bridgehead atoms. The number of hydrogen-bond donors (Lipinski definition) is 3. The Balaban J connectivity index is 1.79. The standard InChI is InChI=1S/C35H51N3O3/c1-27(2)33-35(41)36-25-17-9-7-5-3-4-6-8-16-22-32(39)37-26-30(28-18-12-10-13-19-28)23-24-31(34(40)38-33)29-20-14-11-15-21-29/h10-15,18-21,27,30-31,33H,3-9,16-17,22-26H2,1-2H3,(H,36,41)(H,37,39)(H,38,40)/t30?,31?,33-/m0/s1. The van der Waals surface area contributed by atoms with Crippen LogP contribution in [0.1, 0.15) is 114 Å². The zero-order valence-electron chi connectivity index (χ0n) is 25.2. The van der Waals surface area contributed by atoms with Crippen LogP contribution in [0.25, 0.3) is 0 Å². The van der Waals surface area contributed by atoms with Crippen LogP contribution in [0, 0.1) is 5.92 Å². The third-order valence-electron chi connectivity index (χ3n) is 8.27. The molecule has 0 aromatic heterocycles. The summed E-state index contributed by atoms with van der Waals surface area (Å²) in [7, 11) is 0. The highest BCUT2D eigenvalue weighted by molar-refractivity contribution is 5.90. The zero-order valence-corrected chi connectivity index (χ0v) is 25.2. The molecule has 1 fully saturated rings. The second kappa shape index (κ2) is 18.3. The van der Waals surface area contributed by atoms with Gasteiger partial charge in [-0.3, -0.25) is 14.4 Å². The number of amides is 3. The Kier molecular flexibility index (Phi) is 14.5. The van der Waals surface area contributed by atoms with Crippen LogP contribution in [0.3, 0.4) is 0 Å². The molecular weight excluding hydrogens is 510 g/mol. The molecule has 0 spiro atoms. The van der Waals surface area contributed by atoms with E-state index in [1.807, 2.05) is 62.4 Å². The van der Waals surface area contributed by atoms with E-state index in [0.717, 1.165) is 43.2 Å². The fraction of sp³-hybridized carbons (Fsp3) is 0.571. The first-order valence-corrected chi connectivity index (χ1v) is 15.9. The summed E-state index contributed by atoms with van der Waals surface area (Å²) in [6.07, 6.45) is 12.0.